The Bertz CT molecular complexity index is 561. The highest BCUT2D eigenvalue weighted by atomic mass is 35.5. The van der Waals surface area contributed by atoms with Crippen molar-refractivity contribution in [3.05, 3.63) is 18.2 Å². The van der Waals surface area contributed by atoms with Crippen molar-refractivity contribution in [3.8, 4) is 0 Å². The van der Waals surface area contributed by atoms with Gasteiger partial charge in [-0.05, 0) is 38.3 Å². The molecule has 2 aliphatic rings. The molecule has 2 aliphatic heterocycles. The molecule has 0 radical (unpaired) electrons. The quantitative estimate of drug-likeness (QED) is 0.757. The molecule has 156 valence electrons. The highest BCUT2D eigenvalue weighted by molar-refractivity contribution is 5.85. The van der Waals surface area contributed by atoms with Crippen LogP contribution in [0.15, 0.2) is 12.4 Å². The number of nitrogens with one attached hydrogen (secondary N) is 1. The van der Waals surface area contributed by atoms with E-state index in [9.17, 15) is 13.6 Å². The first kappa shape index (κ1) is 24.1. The number of hydrogen-bond donors (Lipinski definition) is 1. The van der Waals surface area contributed by atoms with Crippen LogP contribution in [0, 0.1) is 5.92 Å². The van der Waals surface area contributed by atoms with Crippen LogP contribution in [0.5, 0.6) is 0 Å². The van der Waals surface area contributed by atoms with Crippen LogP contribution >= 0.6 is 24.8 Å². The van der Waals surface area contributed by atoms with Gasteiger partial charge in [-0.1, -0.05) is 0 Å². The summed E-state index contributed by atoms with van der Waals surface area (Å²) in [6.07, 6.45) is 6.64. The molecule has 0 atom stereocenters. The summed E-state index contributed by atoms with van der Waals surface area (Å²) in [4.78, 5) is 20.4. The monoisotopic (exact) mass is 427 g/mol. The summed E-state index contributed by atoms with van der Waals surface area (Å²) in [6.45, 7) is 2.70. The number of piperazine rings is 1. The van der Waals surface area contributed by atoms with Crippen molar-refractivity contribution >= 4 is 30.7 Å². The van der Waals surface area contributed by atoms with Gasteiger partial charge in [0.05, 0.1) is 6.54 Å². The van der Waals surface area contributed by atoms with Crippen LogP contribution in [-0.2, 0) is 11.3 Å². The van der Waals surface area contributed by atoms with Gasteiger partial charge in [0.15, 0.2) is 0 Å². The van der Waals surface area contributed by atoms with E-state index < -0.39 is 6.55 Å². The van der Waals surface area contributed by atoms with E-state index in [1.165, 1.54) is 12.4 Å². The summed E-state index contributed by atoms with van der Waals surface area (Å²) in [5.41, 5.74) is 0. The zero-order valence-corrected chi connectivity index (χ0v) is 17.0. The third kappa shape index (κ3) is 6.85. The fourth-order valence-corrected chi connectivity index (χ4v) is 3.66. The van der Waals surface area contributed by atoms with E-state index in [2.05, 4.69) is 15.2 Å². The van der Waals surface area contributed by atoms with Crippen molar-refractivity contribution in [1.29, 1.82) is 0 Å². The zero-order chi connectivity index (χ0) is 17.6. The predicted octanol–water partition coefficient (Wildman–Crippen LogP) is 2.55. The predicted molar refractivity (Wildman–Crippen MR) is 105 cm³/mol. The lowest BCUT2D eigenvalue weighted by Crippen LogP contribution is -2.48. The zero-order valence-electron chi connectivity index (χ0n) is 15.4. The van der Waals surface area contributed by atoms with Crippen molar-refractivity contribution in [3.63, 3.8) is 0 Å². The number of nitrogens with zero attached hydrogens (tertiary/aromatic N) is 4. The molecule has 0 spiro atoms. The van der Waals surface area contributed by atoms with Crippen LogP contribution < -0.4 is 5.32 Å². The highest BCUT2D eigenvalue weighted by Gasteiger charge is 2.23. The molecule has 1 aromatic heterocycles. The van der Waals surface area contributed by atoms with Gasteiger partial charge >= 0.3 is 6.55 Å². The summed E-state index contributed by atoms with van der Waals surface area (Å²) in [5.74, 6) is 1.27. The topological polar surface area (TPSA) is 53.4 Å². The summed E-state index contributed by atoms with van der Waals surface area (Å²) < 4.78 is 26.6. The van der Waals surface area contributed by atoms with Crippen molar-refractivity contribution < 1.29 is 13.6 Å². The molecule has 0 aromatic carbocycles. The van der Waals surface area contributed by atoms with Gasteiger partial charge in [0.25, 0.3) is 0 Å². The molecule has 27 heavy (non-hydrogen) atoms. The Hall–Kier alpha value is -0.960. The Balaban J connectivity index is 0.00000182. The molecule has 10 heteroatoms. The van der Waals surface area contributed by atoms with Gasteiger partial charge in [-0.2, -0.15) is 8.78 Å². The van der Waals surface area contributed by atoms with E-state index in [0.29, 0.717) is 50.9 Å². The smallest absolute Gasteiger partial charge is 0.319 e. The van der Waals surface area contributed by atoms with Gasteiger partial charge in [-0.3, -0.25) is 14.3 Å². The molecule has 0 saturated carbocycles. The van der Waals surface area contributed by atoms with E-state index >= 15 is 0 Å². The summed E-state index contributed by atoms with van der Waals surface area (Å²) in [6, 6.07) is 0. The second-order valence-corrected chi connectivity index (χ2v) is 6.92. The number of hydrogen-bond acceptors (Lipinski definition) is 4. The molecular weight excluding hydrogens is 399 g/mol. The SMILES string of the molecule is Cl.Cl.O=C(CCC1CCNCC1)N1CCN(Cc2nccn2C(F)F)CC1. The molecule has 1 aromatic rings. The van der Waals surface area contributed by atoms with Gasteiger partial charge in [-0.15, -0.1) is 24.8 Å². The van der Waals surface area contributed by atoms with Crippen LogP contribution in [0.2, 0.25) is 0 Å². The van der Waals surface area contributed by atoms with Crippen molar-refractivity contribution in [1.82, 2.24) is 24.7 Å². The molecular formula is C17H29Cl2F2N5O. The normalized spacial score (nSPS) is 18.9. The second kappa shape index (κ2) is 11.8. The lowest BCUT2D eigenvalue weighted by Gasteiger charge is -2.35. The lowest BCUT2D eigenvalue weighted by atomic mass is 9.93. The Morgan fingerprint density at radius 1 is 1.19 bits per heavy atom. The number of halogens is 4. The minimum Gasteiger partial charge on any atom is -0.340 e. The van der Waals surface area contributed by atoms with E-state index in [1.807, 2.05) is 4.90 Å². The van der Waals surface area contributed by atoms with Gasteiger partial charge < -0.3 is 10.2 Å². The van der Waals surface area contributed by atoms with Crippen molar-refractivity contribution in [2.75, 3.05) is 39.3 Å². The van der Waals surface area contributed by atoms with E-state index in [4.69, 9.17) is 0 Å². The van der Waals surface area contributed by atoms with Gasteiger partial charge in [-0.25, -0.2) is 4.98 Å². The van der Waals surface area contributed by atoms with Crippen LogP contribution in [0.1, 0.15) is 38.1 Å². The second-order valence-electron chi connectivity index (χ2n) is 6.92. The number of carbonyl (C=O) groups excluding carboxylic acids is 1. The highest BCUT2D eigenvalue weighted by Crippen LogP contribution is 2.19. The van der Waals surface area contributed by atoms with E-state index in [0.717, 1.165) is 36.9 Å². The molecule has 2 fully saturated rings. The fourth-order valence-electron chi connectivity index (χ4n) is 3.66. The summed E-state index contributed by atoms with van der Waals surface area (Å²) in [5, 5.41) is 3.34. The van der Waals surface area contributed by atoms with Gasteiger partial charge in [0.1, 0.15) is 5.82 Å². The number of imidazole rings is 1. The number of amides is 1. The van der Waals surface area contributed by atoms with E-state index in [-0.39, 0.29) is 30.7 Å². The molecule has 3 heterocycles. The maximum Gasteiger partial charge on any atom is 0.319 e. The average Bonchev–Trinajstić information content (AvgIpc) is 3.09. The Morgan fingerprint density at radius 3 is 2.48 bits per heavy atom. The average molecular weight is 428 g/mol. The molecule has 3 rings (SSSR count). The third-order valence-electron chi connectivity index (χ3n) is 5.27. The lowest BCUT2D eigenvalue weighted by molar-refractivity contribution is -0.133. The molecule has 0 aliphatic carbocycles. The fraction of sp³-hybridized carbons (Fsp3) is 0.765. The number of aromatic nitrogens is 2. The number of piperidine rings is 1. The van der Waals surface area contributed by atoms with E-state index in [1.54, 1.807) is 0 Å². The van der Waals surface area contributed by atoms with Crippen molar-refractivity contribution in [2.24, 2.45) is 5.92 Å². The molecule has 2 saturated heterocycles. The first-order valence-corrected chi connectivity index (χ1v) is 9.14. The Morgan fingerprint density at radius 2 is 1.85 bits per heavy atom. The van der Waals surface area contributed by atoms with Crippen molar-refractivity contribution in [2.45, 2.75) is 38.8 Å². The Kier molecular flexibility index (Phi) is 10.5. The Labute approximate surface area is 171 Å². The van der Waals surface area contributed by atoms with Gasteiger partial charge in [0.2, 0.25) is 5.91 Å². The number of alkyl halides is 2. The van der Waals surface area contributed by atoms with Crippen LogP contribution in [0.3, 0.4) is 0 Å². The largest absolute Gasteiger partial charge is 0.340 e. The first-order chi connectivity index (χ1) is 12.1. The summed E-state index contributed by atoms with van der Waals surface area (Å²) in [7, 11) is 0. The summed E-state index contributed by atoms with van der Waals surface area (Å²) >= 11 is 0. The van der Waals surface area contributed by atoms with Crippen LogP contribution in [0.25, 0.3) is 0 Å². The van der Waals surface area contributed by atoms with Gasteiger partial charge in [0, 0.05) is 45.0 Å². The minimum atomic E-state index is -2.56. The molecule has 0 bridgehead atoms. The maximum absolute atomic E-state index is 12.9. The number of carbonyl (C=O) groups is 1. The van der Waals surface area contributed by atoms with Crippen LogP contribution in [0.4, 0.5) is 8.78 Å². The molecule has 1 N–H and O–H groups in total. The van der Waals surface area contributed by atoms with Crippen LogP contribution in [-0.4, -0.2) is 64.5 Å². The third-order valence-corrected chi connectivity index (χ3v) is 5.27. The molecule has 0 unspecified atom stereocenters. The number of rotatable bonds is 6. The molecule has 6 nitrogen and oxygen atoms in total. The molecule has 1 amide bonds. The maximum atomic E-state index is 12.9. The minimum absolute atomic E-state index is 0. The standard InChI is InChI=1S/C17H27F2N5O.2ClH/c18-17(19)24-8-7-21-15(24)13-22-9-11-23(12-10-22)16(25)2-1-14-3-5-20-6-4-14;;/h7-8,14,17,20H,1-6,9-13H2;2*1H. The first-order valence-electron chi connectivity index (χ1n) is 9.14.